The lowest BCUT2D eigenvalue weighted by Crippen LogP contribution is -2.47. The smallest absolute Gasteiger partial charge is 0.274 e. The molecule has 0 unspecified atom stereocenters. The first-order chi connectivity index (χ1) is 19.5. The van der Waals surface area contributed by atoms with E-state index in [4.69, 9.17) is 14.8 Å². The molecule has 3 aliphatic heterocycles. The first-order valence-corrected chi connectivity index (χ1v) is 14.0. The van der Waals surface area contributed by atoms with Gasteiger partial charge in [0.25, 0.3) is 5.91 Å². The van der Waals surface area contributed by atoms with Gasteiger partial charge in [-0.1, -0.05) is 30.3 Å². The molecule has 0 saturated carbocycles. The van der Waals surface area contributed by atoms with Gasteiger partial charge in [-0.15, -0.1) is 0 Å². The van der Waals surface area contributed by atoms with Crippen LogP contribution in [0, 0.1) is 0 Å². The van der Waals surface area contributed by atoms with Gasteiger partial charge in [-0.05, 0) is 26.2 Å². The van der Waals surface area contributed by atoms with Crippen LogP contribution in [0.25, 0.3) is 11.4 Å². The van der Waals surface area contributed by atoms with Crippen molar-refractivity contribution >= 4 is 17.7 Å². The molecule has 210 valence electrons. The Morgan fingerprint density at radius 2 is 1.90 bits per heavy atom. The van der Waals surface area contributed by atoms with Crippen molar-refractivity contribution in [2.45, 2.75) is 64.3 Å². The molecule has 3 aliphatic rings. The number of nitrogens with one attached hydrogen (secondary N) is 2. The minimum absolute atomic E-state index is 0.0603. The molecule has 12 nitrogen and oxygen atoms in total. The number of benzene rings is 1. The fraction of sp³-hybridized carbons (Fsp3) is 0.500. The Hall–Kier alpha value is -4.06. The van der Waals surface area contributed by atoms with E-state index in [0.717, 1.165) is 23.2 Å². The third-order valence-corrected chi connectivity index (χ3v) is 7.94. The molecule has 2 N–H and O–H groups in total. The molecule has 2 aromatic heterocycles. The number of carbonyl (C=O) groups excluding carboxylic acids is 3. The first kappa shape index (κ1) is 26.2. The number of aromatic amines is 1. The molecule has 1 aromatic carbocycles. The van der Waals surface area contributed by atoms with Gasteiger partial charge in [-0.2, -0.15) is 10.2 Å². The number of carbonyl (C=O) groups is 3. The molecule has 1 saturated heterocycles. The highest BCUT2D eigenvalue weighted by Crippen LogP contribution is 2.24. The Morgan fingerprint density at radius 1 is 1.05 bits per heavy atom. The number of hydrogen-bond acceptors (Lipinski definition) is 7. The summed E-state index contributed by atoms with van der Waals surface area (Å²) in [4.78, 5) is 48.4. The number of amides is 3. The quantitative estimate of drug-likeness (QED) is 0.500. The van der Waals surface area contributed by atoms with Crippen LogP contribution in [0.1, 0.15) is 66.2 Å². The molecule has 5 heterocycles. The normalized spacial score (nSPS) is 22.2. The summed E-state index contributed by atoms with van der Waals surface area (Å²) in [6.07, 6.45) is 2.84. The standard InChI is InChI=1S/C28H34N8O4/c1-18-26-30-25(19-7-3-2-4-8-19)33-36(26)15-14-34(28(39)24-20-17-40-16-11-21(20)31-32-24)12-6-10-23(37)35-13-5-9-22(35)27(38)29-18/h2-4,7-8,18,22H,5-6,9-17H2,1H3,(H,29,38)(H,31,32)/t18-,22-/m0/s1. The number of aromatic nitrogens is 5. The van der Waals surface area contributed by atoms with Crippen molar-refractivity contribution in [2.24, 2.45) is 0 Å². The number of H-pyrrole nitrogens is 1. The van der Waals surface area contributed by atoms with Crippen molar-refractivity contribution in [1.29, 1.82) is 0 Å². The van der Waals surface area contributed by atoms with Crippen LogP contribution in [0.4, 0.5) is 0 Å². The van der Waals surface area contributed by atoms with Crippen molar-refractivity contribution in [3.63, 3.8) is 0 Å². The summed E-state index contributed by atoms with van der Waals surface area (Å²) in [7, 11) is 0. The number of nitrogens with zero attached hydrogens (tertiary/aromatic N) is 6. The maximum Gasteiger partial charge on any atom is 0.274 e. The van der Waals surface area contributed by atoms with Crippen molar-refractivity contribution in [3.8, 4) is 11.4 Å². The van der Waals surface area contributed by atoms with Gasteiger partial charge in [-0.25, -0.2) is 9.67 Å². The number of hydrogen-bond donors (Lipinski definition) is 2. The summed E-state index contributed by atoms with van der Waals surface area (Å²) in [5.74, 6) is 0.712. The monoisotopic (exact) mass is 546 g/mol. The Balaban J connectivity index is 1.33. The summed E-state index contributed by atoms with van der Waals surface area (Å²) in [6, 6.07) is 8.72. The van der Waals surface area contributed by atoms with Gasteiger partial charge in [0, 0.05) is 49.3 Å². The molecule has 3 amide bonds. The Kier molecular flexibility index (Phi) is 7.33. The lowest BCUT2D eigenvalue weighted by Gasteiger charge is -2.28. The number of fused-ring (bicyclic) bond motifs is 3. The second-order valence-corrected chi connectivity index (χ2v) is 10.6. The van der Waals surface area contributed by atoms with Crippen LogP contribution in [0.5, 0.6) is 0 Å². The highest BCUT2D eigenvalue weighted by Gasteiger charge is 2.35. The van der Waals surface area contributed by atoms with Crippen molar-refractivity contribution in [1.82, 2.24) is 40.1 Å². The summed E-state index contributed by atoms with van der Waals surface area (Å²) in [5, 5.41) is 15.2. The van der Waals surface area contributed by atoms with Crippen molar-refractivity contribution < 1.29 is 19.1 Å². The molecule has 1 fully saturated rings. The van der Waals surface area contributed by atoms with Crippen LogP contribution in [0.2, 0.25) is 0 Å². The third-order valence-electron chi connectivity index (χ3n) is 7.94. The molecule has 6 rings (SSSR count). The average Bonchev–Trinajstić information content (AvgIpc) is 3.73. The van der Waals surface area contributed by atoms with Crippen molar-refractivity contribution in [2.75, 3.05) is 26.2 Å². The van der Waals surface area contributed by atoms with Gasteiger partial charge in [-0.3, -0.25) is 19.5 Å². The van der Waals surface area contributed by atoms with Crippen molar-refractivity contribution in [3.05, 3.63) is 53.1 Å². The molecule has 0 bridgehead atoms. The van der Waals surface area contributed by atoms with E-state index in [2.05, 4.69) is 15.5 Å². The van der Waals surface area contributed by atoms with Gasteiger partial charge in [0.1, 0.15) is 11.9 Å². The minimum atomic E-state index is -0.504. The lowest BCUT2D eigenvalue weighted by molar-refractivity contribution is -0.138. The highest BCUT2D eigenvalue weighted by atomic mass is 16.5. The number of rotatable bonds is 2. The van der Waals surface area contributed by atoms with Gasteiger partial charge in [0.05, 0.1) is 25.8 Å². The topological polar surface area (TPSA) is 138 Å². The summed E-state index contributed by atoms with van der Waals surface area (Å²) in [6.45, 7) is 4.46. The molecule has 0 radical (unpaired) electrons. The van der Waals surface area contributed by atoms with Gasteiger partial charge < -0.3 is 19.9 Å². The van der Waals surface area contributed by atoms with Crippen LogP contribution in [0.15, 0.2) is 30.3 Å². The first-order valence-electron chi connectivity index (χ1n) is 14.0. The zero-order valence-electron chi connectivity index (χ0n) is 22.6. The third kappa shape index (κ3) is 5.10. The Morgan fingerprint density at radius 3 is 2.75 bits per heavy atom. The molecular formula is C28H34N8O4. The van der Waals surface area contributed by atoms with E-state index in [-0.39, 0.29) is 24.1 Å². The predicted molar refractivity (Wildman–Crippen MR) is 144 cm³/mol. The molecule has 2 atom stereocenters. The number of ether oxygens (including phenoxy) is 1. The van der Waals surface area contributed by atoms with E-state index in [9.17, 15) is 14.4 Å². The zero-order valence-corrected chi connectivity index (χ0v) is 22.6. The van der Waals surface area contributed by atoms with Gasteiger partial charge in [0.2, 0.25) is 11.8 Å². The molecule has 12 heteroatoms. The molecule has 40 heavy (non-hydrogen) atoms. The van der Waals surface area contributed by atoms with Gasteiger partial charge in [0.15, 0.2) is 11.5 Å². The predicted octanol–water partition coefficient (Wildman–Crippen LogP) is 1.85. The molecule has 0 spiro atoms. The largest absolute Gasteiger partial charge is 0.376 e. The van der Waals surface area contributed by atoms with Crippen LogP contribution in [-0.2, 0) is 33.9 Å². The fourth-order valence-electron chi connectivity index (χ4n) is 5.79. The maximum absolute atomic E-state index is 13.8. The van der Waals surface area contributed by atoms with Gasteiger partial charge >= 0.3 is 0 Å². The van der Waals surface area contributed by atoms with E-state index < -0.39 is 12.1 Å². The SMILES string of the molecule is C[C@@H]1NC(=O)[C@@H]2CCCN2C(=O)CCCN(C(=O)c2n[nH]c3c2COCC3)CCn2nc(-c3ccccc3)nc21. The lowest BCUT2D eigenvalue weighted by atomic mass is 10.1. The van der Waals surface area contributed by atoms with E-state index in [1.165, 1.54) is 0 Å². The zero-order chi connectivity index (χ0) is 27.6. The summed E-state index contributed by atoms with van der Waals surface area (Å²) < 4.78 is 7.38. The van der Waals surface area contributed by atoms with Crippen LogP contribution >= 0.6 is 0 Å². The second-order valence-electron chi connectivity index (χ2n) is 10.6. The van der Waals surface area contributed by atoms with E-state index >= 15 is 0 Å². The summed E-state index contributed by atoms with van der Waals surface area (Å²) >= 11 is 0. The highest BCUT2D eigenvalue weighted by molar-refractivity contribution is 5.94. The Bertz CT molecular complexity index is 1400. The molecule has 0 aliphatic carbocycles. The fourth-order valence-corrected chi connectivity index (χ4v) is 5.79. The maximum atomic E-state index is 13.8. The summed E-state index contributed by atoms with van der Waals surface area (Å²) in [5.41, 5.74) is 2.96. The van der Waals surface area contributed by atoms with E-state index in [1.54, 1.807) is 14.5 Å². The van der Waals surface area contributed by atoms with Crippen LogP contribution < -0.4 is 5.32 Å². The molecule has 3 aromatic rings. The van der Waals surface area contributed by atoms with Crippen LogP contribution in [-0.4, -0.2) is 84.8 Å². The molecular weight excluding hydrogens is 512 g/mol. The Labute approximate surface area is 232 Å². The van der Waals surface area contributed by atoms with E-state index in [1.807, 2.05) is 37.3 Å². The van der Waals surface area contributed by atoms with Crippen LogP contribution in [0.3, 0.4) is 0 Å². The average molecular weight is 547 g/mol. The second kappa shape index (κ2) is 11.2. The minimum Gasteiger partial charge on any atom is -0.376 e. The van der Waals surface area contributed by atoms with E-state index in [0.29, 0.717) is 76.0 Å².